The van der Waals surface area contributed by atoms with Crippen LogP contribution in [0.25, 0.3) is 0 Å². The Kier molecular flexibility index (Phi) is 6.92. The Morgan fingerprint density at radius 3 is 2.48 bits per heavy atom. The van der Waals surface area contributed by atoms with Gasteiger partial charge >= 0.3 is 0 Å². The molecule has 0 radical (unpaired) electrons. The van der Waals surface area contributed by atoms with Crippen molar-refractivity contribution in [1.29, 1.82) is 0 Å². The van der Waals surface area contributed by atoms with Crippen LogP contribution in [-0.4, -0.2) is 50.6 Å². The van der Waals surface area contributed by atoms with Gasteiger partial charge in [-0.15, -0.1) is 0 Å². The fraction of sp³-hybridized carbons (Fsp3) is 0.650. The first-order valence-electron chi connectivity index (χ1n) is 9.48. The smallest absolute Gasteiger partial charge is 0.238 e. The van der Waals surface area contributed by atoms with Crippen molar-refractivity contribution in [3.05, 3.63) is 29.8 Å². The van der Waals surface area contributed by atoms with E-state index in [9.17, 15) is 13.2 Å². The maximum absolute atomic E-state index is 12.5. The van der Waals surface area contributed by atoms with Crippen LogP contribution < -0.4 is 10.1 Å². The summed E-state index contributed by atoms with van der Waals surface area (Å²) in [5.74, 6) is 1.09. The summed E-state index contributed by atoms with van der Waals surface area (Å²) in [6.45, 7) is 9.85. The van der Waals surface area contributed by atoms with E-state index in [4.69, 9.17) is 4.74 Å². The van der Waals surface area contributed by atoms with E-state index >= 15 is 0 Å². The predicted octanol–water partition coefficient (Wildman–Crippen LogP) is 2.54. The van der Waals surface area contributed by atoms with Gasteiger partial charge < -0.3 is 10.1 Å². The highest BCUT2D eigenvalue weighted by Crippen LogP contribution is 2.26. The van der Waals surface area contributed by atoms with Crippen molar-refractivity contribution in [1.82, 2.24) is 9.62 Å². The van der Waals surface area contributed by atoms with Crippen molar-refractivity contribution in [2.45, 2.75) is 52.0 Å². The van der Waals surface area contributed by atoms with Gasteiger partial charge in [0.1, 0.15) is 11.8 Å². The monoisotopic (exact) mass is 396 g/mol. The van der Waals surface area contributed by atoms with E-state index in [2.05, 4.69) is 33.0 Å². The van der Waals surface area contributed by atoms with Crippen LogP contribution in [-0.2, 0) is 20.2 Å². The third-order valence-electron chi connectivity index (χ3n) is 4.86. The molecule has 6 nitrogen and oxygen atoms in total. The highest BCUT2D eigenvalue weighted by Gasteiger charge is 2.36. The first-order chi connectivity index (χ1) is 12.5. The number of nitrogens with one attached hydrogen (secondary N) is 1. The zero-order valence-electron chi connectivity index (χ0n) is 17.0. The highest BCUT2D eigenvalue weighted by molar-refractivity contribution is 7.88. The minimum Gasteiger partial charge on any atom is -0.493 e. The standard InChI is InChI=1S/C20H32N2O4S/c1-15(2)13-26-17-10-8-16(9-11-17)20(3,4)14-21-19(23)18-7-6-12-22(18)27(5,24)25/h8-11,15,18H,6-7,12-14H2,1-5H3,(H,21,23)/t18-/m1/s1. The lowest BCUT2D eigenvalue weighted by atomic mass is 9.84. The van der Waals surface area contributed by atoms with Crippen LogP contribution in [0.15, 0.2) is 24.3 Å². The molecule has 1 N–H and O–H groups in total. The molecule has 0 aliphatic carbocycles. The third-order valence-corrected chi connectivity index (χ3v) is 6.15. The average Bonchev–Trinajstić information content (AvgIpc) is 3.08. The maximum Gasteiger partial charge on any atom is 0.238 e. The van der Waals surface area contributed by atoms with Crippen LogP contribution in [0.5, 0.6) is 5.75 Å². The Morgan fingerprint density at radius 2 is 1.93 bits per heavy atom. The van der Waals surface area contributed by atoms with Crippen molar-refractivity contribution in [2.75, 3.05) is 26.0 Å². The van der Waals surface area contributed by atoms with Crippen LogP contribution in [0.2, 0.25) is 0 Å². The van der Waals surface area contributed by atoms with E-state index in [1.54, 1.807) is 0 Å². The number of hydrogen-bond donors (Lipinski definition) is 1. The topological polar surface area (TPSA) is 75.7 Å². The van der Waals surface area contributed by atoms with Gasteiger partial charge in [0, 0.05) is 18.5 Å². The zero-order valence-corrected chi connectivity index (χ0v) is 17.8. The Balaban J connectivity index is 1.96. The molecule has 1 aromatic carbocycles. The summed E-state index contributed by atoms with van der Waals surface area (Å²) in [7, 11) is -3.36. The lowest BCUT2D eigenvalue weighted by Crippen LogP contribution is -2.48. The van der Waals surface area contributed by atoms with Gasteiger partial charge in [-0.2, -0.15) is 4.31 Å². The van der Waals surface area contributed by atoms with Gasteiger partial charge in [-0.3, -0.25) is 4.79 Å². The molecule has 1 saturated heterocycles. The Labute approximate surface area is 163 Å². The predicted molar refractivity (Wildman–Crippen MR) is 107 cm³/mol. The number of ether oxygens (including phenoxy) is 1. The number of rotatable bonds is 8. The van der Waals surface area contributed by atoms with E-state index in [0.29, 0.717) is 38.5 Å². The summed E-state index contributed by atoms with van der Waals surface area (Å²) < 4.78 is 30.7. The number of sulfonamides is 1. The molecule has 1 aliphatic heterocycles. The Hall–Kier alpha value is -1.60. The van der Waals surface area contributed by atoms with Gasteiger partial charge in [0.2, 0.25) is 15.9 Å². The van der Waals surface area contributed by atoms with Crippen molar-refractivity contribution < 1.29 is 17.9 Å². The third kappa shape index (κ3) is 5.94. The van der Waals surface area contributed by atoms with Crippen molar-refractivity contribution in [3.8, 4) is 5.75 Å². The second-order valence-electron chi connectivity index (χ2n) is 8.36. The van der Waals surface area contributed by atoms with Gasteiger partial charge in [0.25, 0.3) is 0 Å². The van der Waals surface area contributed by atoms with Gasteiger partial charge in [-0.1, -0.05) is 39.8 Å². The molecule has 1 amide bonds. The number of carbonyl (C=O) groups excluding carboxylic acids is 1. The first-order valence-corrected chi connectivity index (χ1v) is 11.3. The van der Waals surface area contributed by atoms with E-state index in [1.807, 2.05) is 24.3 Å². The molecule has 0 unspecified atom stereocenters. The lowest BCUT2D eigenvalue weighted by Gasteiger charge is -2.28. The molecule has 1 fully saturated rings. The molecule has 0 saturated carbocycles. The maximum atomic E-state index is 12.5. The summed E-state index contributed by atoms with van der Waals surface area (Å²) in [6, 6.07) is 7.33. The molecular formula is C20H32N2O4S. The fourth-order valence-corrected chi connectivity index (χ4v) is 4.32. The van der Waals surface area contributed by atoms with E-state index in [0.717, 1.165) is 17.6 Å². The number of hydrogen-bond acceptors (Lipinski definition) is 4. The molecule has 7 heteroatoms. The summed E-state index contributed by atoms with van der Waals surface area (Å²) >= 11 is 0. The fourth-order valence-electron chi connectivity index (χ4n) is 3.19. The van der Waals surface area contributed by atoms with E-state index < -0.39 is 16.1 Å². The second-order valence-corrected chi connectivity index (χ2v) is 10.3. The molecule has 0 spiro atoms. The summed E-state index contributed by atoms with van der Waals surface area (Å²) in [4.78, 5) is 12.5. The quantitative estimate of drug-likeness (QED) is 0.733. The van der Waals surface area contributed by atoms with Gasteiger partial charge in [0.15, 0.2) is 0 Å². The van der Waals surface area contributed by atoms with Crippen molar-refractivity contribution in [3.63, 3.8) is 0 Å². The lowest BCUT2D eigenvalue weighted by molar-refractivity contribution is -0.124. The SMILES string of the molecule is CC(C)COc1ccc(C(C)(C)CNC(=O)[C@H]2CCCN2S(C)(=O)=O)cc1. The molecular weight excluding hydrogens is 364 g/mol. The number of carbonyl (C=O) groups is 1. The highest BCUT2D eigenvalue weighted by atomic mass is 32.2. The molecule has 1 aromatic rings. The molecule has 1 heterocycles. The normalized spacial score (nSPS) is 18.7. The Morgan fingerprint density at radius 1 is 1.30 bits per heavy atom. The molecule has 0 bridgehead atoms. The molecule has 0 aromatic heterocycles. The van der Waals surface area contributed by atoms with Crippen LogP contribution >= 0.6 is 0 Å². The zero-order chi connectivity index (χ0) is 20.2. The van der Waals surface area contributed by atoms with E-state index in [-0.39, 0.29) is 11.3 Å². The number of nitrogens with zero attached hydrogens (tertiary/aromatic N) is 1. The van der Waals surface area contributed by atoms with Crippen LogP contribution in [0, 0.1) is 5.92 Å². The average molecular weight is 397 g/mol. The summed E-state index contributed by atoms with van der Waals surface area (Å²) in [6.07, 6.45) is 2.44. The summed E-state index contributed by atoms with van der Waals surface area (Å²) in [5.41, 5.74) is 0.812. The second kappa shape index (κ2) is 8.61. The molecule has 152 valence electrons. The van der Waals surface area contributed by atoms with Crippen LogP contribution in [0.4, 0.5) is 0 Å². The number of amides is 1. The molecule has 27 heavy (non-hydrogen) atoms. The Bertz CT molecular complexity index is 742. The molecule has 2 rings (SSSR count). The van der Waals surface area contributed by atoms with Gasteiger partial charge in [-0.25, -0.2) is 8.42 Å². The number of benzene rings is 1. The van der Waals surface area contributed by atoms with Gasteiger partial charge in [-0.05, 0) is 36.5 Å². The molecule has 1 aliphatic rings. The largest absolute Gasteiger partial charge is 0.493 e. The van der Waals surface area contributed by atoms with Crippen LogP contribution in [0.3, 0.4) is 0 Å². The van der Waals surface area contributed by atoms with Crippen molar-refractivity contribution in [2.24, 2.45) is 5.92 Å². The van der Waals surface area contributed by atoms with Crippen LogP contribution in [0.1, 0.15) is 46.1 Å². The first kappa shape index (κ1) is 21.7. The summed E-state index contributed by atoms with van der Waals surface area (Å²) in [5, 5.41) is 2.94. The van der Waals surface area contributed by atoms with Gasteiger partial charge in [0.05, 0.1) is 12.9 Å². The van der Waals surface area contributed by atoms with E-state index in [1.165, 1.54) is 4.31 Å². The molecule has 1 atom stereocenters. The van der Waals surface area contributed by atoms with Crippen molar-refractivity contribution >= 4 is 15.9 Å². The minimum absolute atomic E-state index is 0.220. The minimum atomic E-state index is -3.36.